The molecule has 3 aromatic carbocycles. The molecule has 1 aliphatic rings. The Balaban J connectivity index is 1.20. The fourth-order valence-corrected chi connectivity index (χ4v) is 7.48. The SMILES string of the molecule is CCCCCCCCCCCCCCCC(=O)NCc1ccc(C2OC(CSc3ccc(O)cc3)C(C)C(c3ccc(CO)cc3)O2)cc1. The van der Waals surface area contributed by atoms with E-state index in [0.717, 1.165) is 45.7 Å². The van der Waals surface area contributed by atoms with Crippen molar-refractivity contribution >= 4 is 17.7 Å². The van der Waals surface area contributed by atoms with Crippen molar-refractivity contribution in [2.24, 2.45) is 5.92 Å². The predicted molar refractivity (Wildman–Crippen MR) is 200 cm³/mol. The summed E-state index contributed by atoms with van der Waals surface area (Å²) in [5, 5.41) is 22.3. The van der Waals surface area contributed by atoms with Crippen LogP contribution in [-0.2, 0) is 27.4 Å². The molecule has 0 radical (unpaired) electrons. The van der Waals surface area contributed by atoms with E-state index in [4.69, 9.17) is 9.47 Å². The molecule has 6 nitrogen and oxygen atoms in total. The van der Waals surface area contributed by atoms with Crippen molar-refractivity contribution in [3.05, 3.63) is 95.1 Å². The number of rotatable bonds is 22. The van der Waals surface area contributed by atoms with Gasteiger partial charge >= 0.3 is 0 Å². The first-order valence-corrected chi connectivity index (χ1v) is 19.7. The monoisotopic (exact) mass is 689 g/mol. The molecule has 1 amide bonds. The number of carbonyl (C=O) groups excluding carboxylic acids is 1. The molecule has 7 heteroatoms. The van der Waals surface area contributed by atoms with E-state index in [1.807, 2.05) is 60.7 Å². The van der Waals surface area contributed by atoms with Crippen LogP contribution in [0.4, 0.5) is 0 Å². The third kappa shape index (κ3) is 13.8. The molecule has 0 bridgehead atoms. The Morgan fingerprint density at radius 1 is 0.714 bits per heavy atom. The lowest BCUT2D eigenvalue weighted by atomic mass is 9.91. The van der Waals surface area contributed by atoms with Gasteiger partial charge in [0, 0.05) is 35.1 Å². The number of phenolic OH excluding ortho intramolecular Hbond substituents is 1. The summed E-state index contributed by atoms with van der Waals surface area (Å²) in [6.45, 7) is 4.94. The number of aliphatic hydroxyl groups is 1. The number of unbranched alkanes of at least 4 members (excludes halogenated alkanes) is 12. The summed E-state index contributed by atoms with van der Waals surface area (Å²) < 4.78 is 13.2. The summed E-state index contributed by atoms with van der Waals surface area (Å²) in [5.41, 5.74) is 3.90. The Morgan fingerprint density at radius 3 is 1.86 bits per heavy atom. The van der Waals surface area contributed by atoms with Crippen LogP contribution in [0.1, 0.15) is 138 Å². The molecule has 1 aliphatic heterocycles. The summed E-state index contributed by atoms with van der Waals surface area (Å²) >= 11 is 1.70. The van der Waals surface area contributed by atoms with Crippen LogP contribution in [0.5, 0.6) is 5.75 Å². The van der Waals surface area contributed by atoms with Crippen molar-refractivity contribution in [3.63, 3.8) is 0 Å². The van der Waals surface area contributed by atoms with Crippen molar-refractivity contribution in [3.8, 4) is 5.75 Å². The van der Waals surface area contributed by atoms with Gasteiger partial charge in [0.25, 0.3) is 0 Å². The number of hydrogen-bond acceptors (Lipinski definition) is 6. The number of thioether (sulfide) groups is 1. The zero-order valence-electron chi connectivity index (χ0n) is 29.8. The first-order valence-electron chi connectivity index (χ1n) is 18.7. The van der Waals surface area contributed by atoms with Gasteiger partial charge < -0.3 is 25.0 Å². The molecule has 1 heterocycles. The van der Waals surface area contributed by atoms with E-state index in [2.05, 4.69) is 19.2 Å². The average Bonchev–Trinajstić information content (AvgIpc) is 3.13. The van der Waals surface area contributed by atoms with Gasteiger partial charge in [-0.25, -0.2) is 0 Å². The predicted octanol–water partition coefficient (Wildman–Crippen LogP) is 10.6. The summed E-state index contributed by atoms with van der Waals surface area (Å²) in [4.78, 5) is 13.6. The zero-order valence-corrected chi connectivity index (χ0v) is 30.6. The van der Waals surface area contributed by atoms with Crippen LogP contribution in [0.25, 0.3) is 0 Å². The molecule has 4 atom stereocenters. The number of carbonyl (C=O) groups is 1. The lowest BCUT2D eigenvalue weighted by Crippen LogP contribution is -2.38. The van der Waals surface area contributed by atoms with Crippen molar-refractivity contribution in [1.82, 2.24) is 5.32 Å². The van der Waals surface area contributed by atoms with Crippen LogP contribution >= 0.6 is 11.8 Å². The van der Waals surface area contributed by atoms with Gasteiger partial charge in [0.1, 0.15) is 5.75 Å². The van der Waals surface area contributed by atoms with Crippen molar-refractivity contribution in [2.45, 2.75) is 140 Å². The van der Waals surface area contributed by atoms with Gasteiger partial charge in [-0.3, -0.25) is 4.79 Å². The maximum absolute atomic E-state index is 12.5. The minimum atomic E-state index is -0.539. The number of aromatic hydroxyl groups is 1. The lowest BCUT2D eigenvalue weighted by molar-refractivity contribution is -0.268. The molecule has 268 valence electrons. The molecular weight excluding hydrogens is 631 g/mol. The van der Waals surface area contributed by atoms with Crippen LogP contribution < -0.4 is 5.32 Å². The maximum atomic E-state index is 12.5. The summed E-state index contributed by atoms with van der Waals surface area (Å²) in [5.74, 6) is 1.19. The second-order valence-corrected chi connectivity index (χ2v) is 14.7. The summed E-state index contributed by atoms with van der Waals surface area (Å²) in [7, 11) is 0. The smallest absolute Gasteiger partial charge is 0.220 e. The number of benzene rings is 3. The van der Waals surface area contributed by atoms with Gasteiger partial charge in [0.2, 0.25) is 5.91 Å². The van der Waals surface area contributed by atoms with Gasteiger partial charge in [0.15, 0.2) is 6.29 Å². The minimum absolute atomic E-state index is 0.00519. The molecule has 0 aromatic heterocycles. The first-order chi connectivity index (χ1) is 24.0. The van der Waals surface area contributed by atoms with Crippen LogP contribution in [0.15, 0.2) is 77.7 Å². The van der Waals surface area contributed by atoms with Crippen molar-refractivity contribution in [1.29, 1.82) is 0 Å². The lowest BCUT2D eigenvalue weighted by Gasteiger charge is -2.41. The van der Waals surface area contributed by atoms with Crippen molar-refractivity contribution in [2.75, 3.05) is 5.75 Å². The van der Waals surface area contributed by atoms with E-state index in [1.54, 1.807) is 23.9 Å². The highest BCUT2D eigenvalue weighted by atomic mass is 32.2. The summed E-state index contributed by atoms with van der Waals surface area (Å²) in [6, 6.07) is 23.3. The molecule has 1 fully saturated rings. The molecule has 3 N–H and O–H groups in total. The van der Waals surface area contributed by atoms with Gasteiger partial charge in [-0.2, -0.15) is 0 Å². The van der Waals surface area contributed by atoms with Crippen LogP contribution in [0.2, 0.25) is 0 Å². The first kappa shape index (κ1) is 39.0. The van der Waals surface area contributed by atoms with Crippen LogP contribution in [-0.4, -0.2) is 28.0 Å². The van der Waals surface area contributed by atoms with E-state index in [-0.39, 0.29) is 36.4 Å². The molecule has 3 aromatic rings. The summed E-state index contributed by atoms with van der Waals surface area (Å²) in [6.07, 6.45) is 16.7. The van der Waals surface area contributed by atoms with Crippen LogP contribution in [0, 0.1) is 5.92 Å². The molecule has 0 saturated carbocycles. The number of nitrogens with one attached hydrogen (secondary N) is 1. The second-order valence-electron chi connectivity index (χ2n) is 13.6. The largest absolute Gasteiger partial charge is 0.508 e. The third-order valence-electron chi connectivity index (χ3n) is 9.62. The molecule has 4 unspecified atom stereocenters. The Labute approximate surface area is 299 Å². The Hall–Kier alpha value is -2.84. The highest BCUT2D eigenvalue weighted by Crippen LogP contribution is 2.43. The minimum Gasteiger partial charge on any atom is -0.508 e. The van der Waals surface area contributed by atoms with E-state index < -0.39 is 6.29 Å². The number of amides is 1. The standard InChI is InChI=1S/C42H59NO5S/c1-3-4-5-6-7-8-9-10-11-12-13-14-15-16-40(46)43-29-33-17-23-36(24-18-33)42-47-39(31-49-38-27-25-37(45)26-28-38)32(2)41(48-42)35-21-19-34(30-44)20-22-35/h17-28,32,39,41-42,44-45H,3-16,29-31H2,1-2H3,(H,43,46). The van der Waals surface area contributed by atoms with E-state index in [1.165, 1.54) is 70.6 Å². The topological polar surface area (TPSA) is 88.0 Å². The fraction of sp³-hybridized carbons (Fsp3) is 0.548. The Morgan fingerprint density at radius 2 is 1.27 bits per heavy atom. The second kappa shape index (κ2) is 22.1. The van der Waals surface area contributed by atoms with Gasteiger partial charge in [-0.1, -0.05) is 139 Å². The number of phenols is 1. The molecule has 0 spiro atoms. The maximum Gasteiger partial charge on any atom is 0.220 e. The van der Waals surface area contributed by atoms with E-state index in [9.17, 15) is 15.0 Å². The molecule has 1 saturated heterocycles. The van der Waals surface area contributed by atoms with Gasteiger partial charge in [0.05, 0.1) is 18.8 Å². The molecule has 49 heavy (non-hydrogen) atoms. The van der Waals surface area contributed by atoms with Crippen LogP contribution in [0.3, 0.4) is 0 Å². The number of ether oxygens (including phenoxy) is 2. The van der Waals surface area contributed by atoms with E-state index in [0.29, 0.717) is 13.0 Å². The zero-order chi connectivity index (χ0) is 34.7. The Bertz CT molecular complexity index is 1330. The van der Waals surface area contributed by atoms with Crippen molar-refractivity contribution < 1.29 is 24.5 Å². The normalized spacial score (nSPS) is 19.2. The van der Waals surface area contributed by atoms with E-state index >= 15 is 0 Å². The highest BCUT2D eigenvalue weighted by Gasteiger charge is 2.38. The Kier molecular flexibility index (Phi) is 17.6. The fourth-order valence-electron chi connectivity index (χ4n) is 6.42. The third-order valence-corrected chi connectivity index (χ3v) is 10.7. The molecule has 4 rings (SSSR count). The highest BCUT2D eigenvalue weighted by molar-refractivity contribution is 7.99. The quantitative estimate of drug-likeness (QED) is 0.0719. The molecule has 0 aliphatic carbocycles. The van der Waals surface area contributed by atoms with Gasteiger partial charge in [-0.15, -0.1) is 11.8 Å². The average molecular weight is 690 g/mol. The number of aliphatic hydroxyl groups excluding tert-OH is 1. The van der Waals surface area contributed by atoms with Gasteiger partial charge in [-0.05, 0) is 47.4 Å². The number of hydrogen-bond donors (Lipinski definition) is 3. The molecular formula is C42H59NO5S.